The van der Waals surface area contributed by atoms with Crippen molar-refractivity contribution < 1.29 is 28.9 Å². The third kappa shape index (κ3) is 9.53. The highest BCUT2D eigenvalue weighted by atomic mass is 35.5. The number of carbonyl (C=O) groups excluding carboxylic acids is 1. The quantitative estimate of drug-likeness (QED) is 0.118. The number of carbonyl (C=O) groups is 2. The molecule has 8 rings (SSSR count). The molecule has 0 spiro atoms. The number of carboxylic acids is 1. The summed E-state index contributed by atoms with van der Waals surface area (Å²) in [5, 5.41) is 23.4. The van der Waals surface area contributed by atoms with Gasteiger partial charge < -0.3 is 24.6 Å². The van der Waals surface area contributed by atoms with Gasteiger partial charge >= 0.3 is 5.97 Å². The highest BCUT2D eigenvalue weighted by Gasteiger charge is 2.39. The minimum absolute atomic E-state index is 0.110. The predicted octanol–water partition coefficient (Wildman–Crippen LogP) is 10.3. The number of halogens is 2. The summed E-state index contributed by atoms with van der Waals surface area (Å²) in [7, 11) is 0. The molecule has 6 aromatic rings. The van der Waals surface area contributed by atoms with Gasteiger partial charge in [0.25, 0.3) is 0 Å². The van der Waals surface area contributed by atoms with Crippen molar-refractivity contribution >= 4 is 35.1 Å². The van der Waals surface area contributed by atoms with Crippen molar-refractivity contribution in [2.75, 3.05) is 6.61 Å². The fourth-order valence-corrected chi connectivity index (χ4v) is 8.41. The number of nitriles is 1. The lowest BCUT2D eigenvalue weighted by Crippen LogP contribution is -2.55. The standard InChI is InChI=1S/C50H43Cl2N3O6/c1-2-44(36-6-4-3-5-7-36)55-28-39-26-47-46(60-30-48(61-47)37-17-19-40(20-18-37)59-29-33-12-21-41(51)42(52)22-33)25-38(39)24-45(55)49(56)54-43(50(57)58)23-31-8-13-34(14-9-31)35-15-10-32(27-53)11-16-35/h3-22,25-26,43-45,48H,2,23-24,28-30H2,1H3,(H,54,56)(H,57,58)/t43?,44?,45-,48+/m0/s1. The number of nitrogens with zero attached hydrogens (tertiary/aromatic N) is 2. The van der Waals surface area contributed by atoms with Gasteiger partial charge in [-0.2, -0.15) is 5.26 Å². The molecule has 4 atom stereocenters. The predicted molar refractivity (Wildman–Crippen MR) is 235 cm³/mol. The maximum Gasteiger partial charge on any atom is 0.326 e. The molecule has 1 amide bonds. The molecular formula is C50H43Cl2N3O6. The Morgan fingerprint density at radius 1 is 0.852 bits per heavy atom. The van der Waals surface area contributed by atoms with Crippen LogP contribution in [-0.2, 0) is 35.6 Å². The van der Waals surface area contributed by atoms with Crippen LogP contribution in [0.1, 0.15) is 64.4 Å². The largest absolute Gasteiger partial charge is 0.489 e. The number of hydrogen-bond donors (Lipinski definition) is 2. The van der Waals surface area contributed by atoms with Gasteiger partial charge in [-0.1, -0.05) is 115 Å². The van der Waals surface area contributed by atoms with Gasteiger partial charge in [0.1, 0.15) is 25.0 Å². The summed E-state index contributed by atoms with van der Waals surface area (Å²) in [6.07, 6.45) is 0.861. The molecule has 2 unspecified atom stereocenters. The van der Waals surface area contributed by atoms with Crippen molar-refractivity contribution in [2.24, 2.45) is 0 Å². The van der Waals surface area contributed by atoms with Crippen LogP contribution in [0.25, 0.3) is 11.1 Å². The first kappa shape index (κ1) is 41.4. The molecule has 0 radical (unpaired) electrons. The number of hydrogen-bond acceptors (Lipinski definition) is 7. The molecule has 0 bridgehead atoms. The topological polar surface area (TPSA) is 121 Å². The molecule has 9 nitrogen and oxygen atoms in total. The van der Waals surface area contributed by atoms with Gasteiger partial charge in [-0.3, -0.25) is 9.69 Å². The molecule has 61 heavy (non-hydrogen) atoms. The highest BCUT2D eigenvalue weighted by molar-refractivity contribution is 6.42. The normalized spacial score (nSPS) is 16.7. The van der Waals surface area contributed by atoms with Gasteiger partial charge in [0.05, 0.1) is 27.7 Å². The molecule has 0 saturated heterocycles. The second-order valence-electron chi connectivity index (χ2n) is 15.3. The van der Waals surface area contributed by atoms with Crippen molar-refractivity contribution in [2.45, 2.75) is 63.6 Å². The first-order chi connectivity index (χ1) is 29.6. The molecular weight excluding hydrogens is 809 g/mol. The van der Waals surface area contributed by atoms with Crippen LogP contribution in [0.5, 0.6) is 17.2 Å². The summed E-state index contributed by atoms with van der Waals surface area (Å²) < 4.78 is 18.9. The number of ether oxygens (including phenoxy) is 3. The summed E-state index contributed by atoms with van der Waals surface area (Å²) in [6.45, 7) is 3.19. The molecule has 0 aliphatic carbocycles. The van der Waals surface area contributed by atoms with Crippen LogP contribution in [0.15, 0.2) is 133 Å². The fourth-order valence-electron chi connectivity index (χ4n) is 8.09. The summed E-state index contributed by atoms with van der Waals surface area (Å²) >= 11 is 12.2. The third-order valence-corrected chi connectivity index (χ3v) is 12.1. The number of nitrogens with one attached hydrogen (secondary N) is 1. The Hall–Kier alpha value is -6.31. The van der Waals surface area contributed by atoms with E-state index in [-0.39, 0.29) is 24.5 Å². The highest BCUT2D eigenvalue weighted by Crippen LogP contribution is 2.42. The van der Waals surface area contributed by atoms with E-state index in [1.807, 2.05) is 97.1 Å². The minimum Gasteiger partial charge on any atom is -0.489 e. The maximum atomic E-state index is 14.4. The van der Waals surface area contributed by atoms with Crippen molar-refractivity contribution in [1.29, 1.82) is 5.26 Å². The van der Waals surface area contributed by atoms with E-state index in [4.69, 9.17) is 42.7 Å². The first-order valence-corrected chi connectivity index (χ1v) is 21.0. The van der Waals surface area contributed by atoms with Crippen LogP contribution >= 0.6 is 23.2 Å². The Morgan fingerprint density at radius 3 is 2.21 bits per heavy atom. The van der Waals surface area contributed by atoms with E-state index in [1.165, 1.54) is 0 Å². The third-order valence-electron chi connectivity index (χ3n) is 11.4. The van der Waals surface area contributed by atoms with Gasteiger partial charge in [-0.15, -0.1) is 0 Å². The molecule has 0 saturated carbocycles. The van der Waals surface area contributed by atoms with Crippen molar-refractivity contribution in [3.05, 3.63) is 182 Å². The van der Waals surface area contributed by atoms with E-state index < -0.39 is 18.1 Å². The summed E-state index contributed by atoms with van der Waals surface area (Å²) in [4.78, 5) is 29.3. The molecule has 6 aromatic carbocycles. The number of rotatable bonds is 13. The average Bonchev–Trinajstić information content (AvgIpc) is 3.29. The fraction of sp³-hybridized carbons (Fsp3) is 0.220. The first-order valence-electron chi connectivity index (χ1n) is 20.2. The molecule has 0 fully saturated rings. The van der Waals surface area contributed by atoms with Crippen LogP contribution in [0.3, 0.4) is 0 Å². The van der Waals surface area contributed by atoms with E-state index in [1.54, 1.807) is 24.3 Å². The molecule has 2 heterocycles. The zero-order valence-corrected chi connectivity index (χ0v) is 34.9. The lowest BCUT2D eigenvalue weighted by atomic mass is 9.89. The monoisotopic (exact) mass is 851 g/mol. The van der Waals surface area contributed by atoms with Gasteiger partial charge in [-0.05, 0) is 106 Å². The Bertz CT molecular complexity index is 2560. The number of fused-ring (bicyclic) bond motifs is 2. The zero-order chi connectivity index (χ0) is 42.5. The molecule has 2 aliphatic heterocycles. The van der Waals surface area contributed by atoms with E-state index >= 15 is 0 Å². The lowest BCUT2D eigenvalue weighted by Gasteiger charge is -2.42. The number of carboxylic acid groups (broad SMARTS) is 1. The number of amides is 1. The molecule has 2 aliphatic rings. The van der Waals surface area contributed by atoms with E-state index in [0.717, 1.165) is 50.9 Å². The van der Waals surface area contributed by atoms with Crippen LogP contribution in [0, 0.1) is 11.3 Å². The Kier molecular flexibility index (Phi) is 12.6. The van der Waals surface area contributed by atoms with Crippen molar-refractivity contribution in [3.8, 4) is 34.4 Å². The van der Waals surface area contributed by atoms with Crippen LogP contribution < -0.4 is 19.5 Å². The summed E-state index contributed by atoms with van der Waals surface area (Å²) in [5.41, 5.74) is 8.13. The van der Waals surface area contributed by atoms with Crippen LogP contribution in [0.4, 0.5) is 0 Å². The molecule has 308 valence electrons. The molecule has 11 heteroatoms. The van der Waals surface area contributed by atoms with Crippen LogP contribution in [0.2, 0.25) is 10.0 Å². The lowest BCUT2D eigenvalue weighted by molar-refractivity contribution is -0.143. The SMILES string of the molecule is CCC(c1ccccc1)N1Cc2cc3c(cc2C[C@H]1C(=O)NC(Cc1ccc(-c2ccc(C#N)cc2)cc1)C(=O)O)OC[C@H](c1ccc(OCc2ccc(Cl)c(Cl)c2)cc1)O3. The van der Waals surface area contributed by atoms with E-state index in [2.05, 4.69) is 35.3 Å². The zero-order valence-electron chi connectivity index (χ0n) is 33.4. The Balaban J connectivity index is 0.987. The van der Waals surface area contributed by atoms with Gasteiger partial charge in [0.15, 0.2) is 17.6 Å². The van der Waals surface area contributed by atoms with E-state index in [9.17, 15) is 14.7 Å². The van der Waals surface area contributed by atoms with Crippen molar-refractivity contribution in [3.63, 3.8) is 0 Å². The maximum absolute atomic E-state index is 14.4. The van der Waals surface area contributed by atoms with Crippen LogP contribution in [-0.4, -0.2) is 40.6 Å². The summed E-state index contributed by atoms with van der Waals surface area (Å²) in [6, 6.07) is 42.3. The molecule has 0 aromatic heterocycles. The van der Waals surface area contributed by atoms with Gasteiger partial charge in [-0.25, -0.2) is 4.79 Å². The van der Waals surface area contributed by atoms with Gasteiger partial charge in [0.2, 0.25) is 5.91 Å². The Morgan fingerprint density at radius 2 is 1.54 bits per heavy atom. The van der Waals surface area contributed by atoms with Crippen molar-refractivity contribution in [1.82, 2.24) is 10.2 Å². The smallest absolute Gasteiger partial charge is 0.326 e. The van der Waals surface area contributed by atoms with Gasteiger partial charge in [0, 0.05) is 19.0 Å². The van der Waals surface area contributed by atoms with E-state index in [0.29, 0.717) is 59.0 Å². The Labute approximate surface area is 365 Å². The number of aliphatic carboxylic acids is 1. The minimum atomic E-state index is -1.14. The molecule has 2 N–H and O–H groups in total. The number of benzene rings is 6. The second-order valence-corrected chi connectivity index (χ2v) is 16.1. The average molecular weight is 853 g/mol. The summed E-state index contributed by atoms with van der Waals surface area (Å²) in [5.74, 6) is 0.477. The second kappa shape index (κ2) is 18.5.